The molecule has 4 heteroatoms. The van der Waals surface area contributed by atoms with Crippen LogP contribution < -0.4 is 10.2 Å². The van der Waals surface area contributed by atoms with Gasteiger partial charge in [0.05, 0.1) is 16.4 Å². The number of para-hydroxylation sites is 1. The monoisotopic (exact) mass is 278 g/mol. The van der Waals surface area contributed by atoms with Gasteiger partial charge in [0.1, 0.15) is 5.54 Å². The summed E-state index contributed by atoms with van der Waals surface area (Å²) < 4.78 is 0. The number of halogens is 1. The maximum Gasteiger partial charge on any atom is 0.250 e. The minimum Gasteiger partial charge on any atom is -0.353 e. The third-order valence-electron chi connectivity index (χ3n) is 4.32. The highest BCUT2D eigenvalue weighted by atomic mass is 35.5. The van der Waals surface area contributed by atoms with E-state index in [0.717, 1.165) is 37.1 Å². The van der Waals surface area contributed by atoms with Gasteiger partial charge in [-0.05, 0) is 38.8 Å². The second-order valence-corrected chi connectivity index (χ2v) is 6.20. The van der Waals surface area contributed by atoms with Crippen LogP contribution in [-0.2, 0) is 4.79 Å². The number of nitrogens with one attached hydrogen (secondary N) is 1. The van der Waals surface area contributed by atoms with Gasteiger partial charge in [0.2, 0.25) is 5.91 Å². The van der Waals surface area contributed by atoms with Gasteiger partial charge >= 0.3 is 0 Å². The Morgan fingerprint density at radius 3 is 2.63 bits per heavy atom. The molecular weight excluding hydrogens is 260 g/mol. The van der Waals surface area contributed by atoms with Crippen LogP contribution in [0.4, 0.5) is 11.4 Å². The number of rotatable bonds is 1. The number of carbonyl (C=O) groups is 1. The third kappa shape index (κ3) is 1.75. The SMILES string of the molecule is CC(C)N1c2cccc(Cl)c2NC(=O)C12CCCC2. The molecule has 3 rings (SSSR count). The minimum absolute atomic E-state index is 0.110. The summed E-state index contributed by atoms with van der Waals surface area (Å²) in [7, 11) is 0. The fraction of sp³-hybridized carbons (Fsp3) is 0.533. The average molecular weight is 279 g/mol. The molecule has 0 aromatic heterocycles. The van der Waals surface area contributed by atoms with Crippen LogP contribution in [-0.4, -0.2) is 17.5 Å². The predicted molar refractivity (Wildman–Crippen MR) is 78.9 cm³/mol. The molecule has 1 amide bonds. The highest BCUT2D eigenvalue weighted by Crippen LogP contribution is 2.48. The lowest BCUT2D eigenvalue weighted by Crippen LogP contribution is -2.60. The Labute approximate surface area is 118 Å². The van der Waals surface area contributed by atoms with Crippen LogP contribution in [0, 0.1) is 0 Å². The Kier molecular flexibility index (Phi) is 2.97. The van der Waals surface area contributed by atoms with Crippen LogP contribution in [0.15, 0.2) is 18.2 Å². The minimum atomic E-state index is -0.369. The van der Waals surface area contributed by atoms with E-state index in [4.69, 9.17) is 11.6 Å². The standard InChI is InChI=1S/C15H19ClN2O/c1-10(2)18-12-7-5-6-11(16)13(12)17-14(19)15(18)8-3-4-9-15/h5-7,10H,3-4,8-9H2,1-2H3,(H,17,19). The summed E-state index contributed by atoms with van der Waals surface area (Å²) in [5, 5.41) is 3.65. The van der Waals surface area contributed by atoms with Crippen LogP contribution in [0.3, 0.4) is 0 Å². The van der Waals surface area contributed by atoms with E-state index in [9.17, 15) is 4.79 Å². The topological polar surface area (TPSA) is 32.3 Å². The zero-order valence-electron chi connectivity index (χ0n) is 11.4. The Hall–Kier alpha value is -1.22. The third-order valence-corrected chi connectivity index (χ3v) is 4.64. The predicted octanol–water partition coefficient (Wildman–Crippen LogP) is 3.82. The molecule has 0 saturated heterocycles. The van der Waals surface area contributed by atoms with E-state index in [0.29, 0.717) is 5.02 Å². The van der Waals surface area contributed by atoms with E-state index in [1.54, 1.807) is 0 Å². The average Bonchev–Trinajstić information content (AvgIpc) is 2.82. The van der Waals surface area contributed by atoms with Crippen LogP contribution in [0.25, 0.3) is 0 Å². The van der Waals surface area contributed by atoms with Crippen LogP contribution in [0.2, 0.25) is 5.02 Å². The van der Waals surface area contributed by atoms with Crippen molar-refractivity contribution >= 4 is 28.9 Å². The molecule has 1 heterocycles. The van der Waals surface area contributed by atoms with E-state index in [-0.39, 0.29) is 17.5 Å². The van der Waals surface area contributed by atoms with Crippen molar-refractivity contribution in [2.24, 2.45) is 0 Å². The molecule has 1 aromatic rings. The molecule has 0 atom stereocenters. The van der Waals surface area contributed by atoms with Crippen molar-refractivity contribution in [1.82, 2.24) is 0 Å². The summed E-state index contributed by atoms with van der Waals surface area (Å²) >= 11 is 6.23. The lowest BCUT2D eigenvalue weighted by Gasteiger charge is -2.48. The van der Waals surface area contributed by atoms with Gasteiger partial charge in [-0.3, -0.25) is 4.79 Å². The number of anilines is 2. The van der Waals surface area contributed by atoms with Gasteiger partial charge in [-0.1, -0.05) is 30.5 Å². The quantitative estimate of drug-likeness (QED) is 0.847. The molecule has 3 nitrogen and oxygen atoms in total. The lowest BCUT2D eigenvalue weighted by molar-refractivity contribution is -0.121. The number of nitrogens with zero attached hydrogens (tertiary/aromatic N) is 1. The summed E-state index contributed by atoms with van der Waals surface area (Å²) in [6.45, 7) is 4.28. The largest absolute Gasteiger partial charge is 0.353 e. The van der Waals surface area contributed by atoms with Crippen molar-refractivity contribution in [3.8, 4) is 0 Å². The maximum atomic E-state index is 12.6. The highest BCUT2D eigenvalue weighted by Gasteiger charge is 2.50. The van der Waals surface area contributed by atoms with Gasteiger partial charge in [0.25, 0.3) is 0 Å². The number of benzene rings is 1. The molecule has 0 bridgehead atoms. The molecule has 19 heavy (non-hydrogen) atoms. The first-order chi connectivity index (χ1) is 9.06. The number of fused-ring (bicyclic) bond motifs is 1. The molecule has 1 aliphatic carbocycles. The smallest absolute Gasteiger partial charge is 0.250 e. The Bertz CT molecular complexity index is 521. The van der Waals surface area contributed by atoms with Gasteiger partial charge in [-0.25, -0.2) is 0 Å². The van der Waals surface area contributed by atoms with Crippen molar-refractivity contribution in [3.63, 3.8) is 0 Å². The van der Waals surface area contributed by atoms with Gasteiger partial charge in [0.15, 0.2) is 0 Å². The first-order valence-electron chi connectivity index (χ1n) is 6.95. The molecule has 1 fully saturated rings. The number of hydrogen-bond donors (Lipinski definition) is 1. The van der Waals surface area contributed by atoms with Crippen LogP contribution >= 0.6 is 11.6 Å². The molecular formula is C15H19ClN2O. The molecule has 1 aliphatic heterocycles. The van der Waals surface area contributed by atoms with Crippen molar-refractivity contribution < 1.29 is 4.79 Å². The van der Waals surface area contributed by atoms with Gasteiger partial charge in [-0.15, -0.1) is 0 Å². The molecule has 0 unspecified atom stereocenters. The zero-order chi connectivity index (χ0) is 13.6. The van der Waals surface area contributed by atoms with E-state index >= 15 is 0 Å². The Morgan fingerprint density at radius 2 is 2.00 bits per heavy atom. The Morgan fingerprint density at radius 1 is 1.32 bits per heavy atom. The fourth-order valence-electron chi connectivity index (χ4n) is 3.61. The fourth-order valence-corrected chi connectivity index (χ4v) is 3.82. The zero-order valence-corrected chi connectivity index (χ0v) is 12.1. The Balaban J connectivity index is 2.18. The first kappa shape index (κ1) is 12.8. The highest BCUT2D eigenvalue weighted by molar-refractivity contribution is 6.35. The van der Waals surface area contributed by atoms with Crippen molar-refractivity contribution in [2.75, 3.05) is 10.2 Å². The summed E-state index contributed by atoms with van der Waals surface area (Å²) in [5.41, 5.74) is 1.45. The number of amides is 1. The second kappa shape index (κ2) is 4.41. The second-order valence-electron chi connectivity index (χ2n) is 5.79. The molecule has 1 aromatic carbocycles. The summed E-state index contributed by atoms with van der Waals surface area (Å²) in [6, 6.07) is 6.12. The summed E-state index contributed by atoms with van der Waals surface area (Å²) in [5.74, 6) is 0.110. The van der Waals surface area contributed by atoms with Gasteiger partial charge < -0.3 is 10.2 Å². The lowest BCUT2D eigenvalue weighted by atomic mass is 9.88. The molecule has 2 aliphatic rings. The maximum absolute atomic E-state index is 12.6. The van der Waals surface area contributed by atoms with Crippen molar-refractivity contribution in [3.05, 3.63) is 23.2 Å². The number of hydrogen-bond acceptors (Lipinski definition) is 2. The summed E-state index contributed by atoms with van der Waals surface area (Å²) in [4.78, 5) is 14.9. The molecule has 1 saturated carbocycles. The van der Waals surface area contributed by atoms with E-state index < -0.39 is 0 Å². The number of carbonyl (C=O) groups excluding carboxylic acids is 1. The van der Waals surface area contributed by atoms with Gasteiger partial charge in [-0.2, -0.15) is 0 Å². The van der Waals surface area contributed by atoms with Gasteiger partial charge in [0, 0.05) is 6.04 Å². The van der Waals surface area contributed by atoms with E-state index in [1.807, 2.05) is 12.1 Å². The van der Waals surface area contributed by atoms with E-state index in [2.05, 4.69) is 30.1 Å². The molecule has 1 N–H and O–H groups in total. The molecule has 1 spiro atoms. The molecule has 0 radical (unpaired) electrons. The van der Waals surface area contributed by atoms with Crippen molar-refractivity contribution in [1.29, 1.82) is 0 Å². The summed E-state index contributed by atoms with van der Waals surface area (Å²) in [6.07, 6.45) is 4.10. The molecule has 102 valence electrons. The van der Waals surface area contributed by atoms with Crippen LogP contribution in [0.5, 0.6) is 0 Å². The normalized spacial score (nSPS) is 20.8. The van der Waals surface area contributed by atoms with E-state index in [1.165, 1.54) is 0 Å². The first-order valence-corrected chi connectivity index (χ1v) is 7.33. The van der Waals surface area contributed by atoms with Crippen LogP contribution in [0.1, 0.15) is 39.5 Å². The van der Waals surface area contributed by atoms with Crippen molar-refractivity contribution in [2.45, 2.75) is 51.1 Å².